The van der Waals surface area contributed by atoms with Gasteiger partial charge in [0.05, 0.1) is 11.3 Å². The topological polar surface area (TPSA) is 39.1 Å². The first-order valence-corrected chi connectivity index (χ1v) is 7.60. The van der Waals surface area contributed by atoms with Crippen LogP contribution in [0.25, 0.3) is 0 Å². The minimum absolute atomic E-state index is 0.455. The normalized spacial score (nSPS) is 11.9. The van der Waals surface area contributed by atoms with Crippen molar-refractivity contribution in [1.82, 2.24) is 5.32 Å². The molecular weight excluding hydrogens is 246 g/mol. The molecule has 0 aliphatic rings. The van der Waals surface area contributed by atoms with E-state index in [0.717, 1.165) is 43.6 Å². The Labute approximate surface area is 123 Å². The minimum Gasteiger partial charge on any atom is -0.371 e. The zero-order chi connectivity index (χ0) is 15.0. The summed E-state index contributed by atoms with van der Waals surface area (Å²) >= 11 is 0. The third-order valence-corrected chi connectivity index (χ3v) is 3.68. The van der Waals surface area contributed by atoms with E-state index in [1.54, 1.807) is 0 Å². The fraction of sp³-hybridized carbons (Fsp3) is 0.588. The maximum absolute atomic E-state index is 9.38. The quantitative estimate of drug-likeness (QED) is 0.734. The van der Waals surface area contributed by atoms with Crippen LogP contribution in [0.15, 0.2) is 18.2 Å². The van der Waals surface area contributed by atoms with Crippen molar-refractivity contribution < 1.29 is 0 Å². The van der Waals surface area contributed by atoms with E-state index in [0.29, 0.717) is 6.04 Å². The maximum atomic E-state index is 9.38. The molecule has 1 rings (SSSR count). The number of anilines is 1. The van der Waals surface area contributed by atoms with Crippen LogP contribution < -0.4 is 10.2 Å². The first-order chi connectivity index (χ1) is 9.63. The molecular formula is C17H27N3. The summed E-state index contributed by atoms with van der Waals surface area (Å²) in [4.78, 5) is 2.21. The van der Waals surface area contributed by atoms with Crippen LogP contribution in [0.4, 0.5) is 5.69 Å². The first-order valence-electron chi connectivity index (χ1n) is 7.60. The highest BCUT2D eigenvalue weighted by molar-refractivity contribution is 5.60. The van der Waals surface area contributed by atoms with Gasteiger partial charge in [0.25, 0.3) is 0 Å². The van der Waals surface area contributed by atoms with E-state index in [1.165, 1.54) is 5.56 Å². The van der Waals surface area contributed by atoms with Crippen molar-refractivity contribution in [3.8, 4) is 6.07 Å². The average Bonchev–Trinajstić information content (AvgIpc) is 2.47. The van der Waals surface area contributed by atoms with Gasteiger partial charge in [0.2, 0.25) is 0 Å². The van der Waals surface area contributed by atoms with Crippen LogP contribution >= 0.6 is 0 Å². The Kier molecular flexibility index (Phi) is 7.11. The summed E-state index contributed by atoms with van der Waals surface area (Å²) in [6.45, 7) is 8.40. The Morgan fingerprint density at radius 2 is 2.05 bits per heavy atom. The van der Waals surface area contributed by atoms with Gasteiger partial charge in [-0.3, -0.25) is 0 Å². The van der Waals surface area contributed by atoms with E-state index in [-0.39, 0.29) is 0 Å². The molecule has 0 amide bonds. The predicted molar refractivity (Wildman–Crippen MR) is 85.9 cm³/mol. The Balaban J connectivity index is 2.85. The third kappa shape index (κ3) is 4.54. The molecule has 0 aromatic heterocycles. The van der Waals surface area contributed by atoms with Gasteiger partial charge in [0.15, 0.2) is 0 Å². The zero-order valence-electron chi connectivity index (χ0n) is 13.2. The highest BCUT2D eigenvalue weighted by Gasteiger charge is 2.13. The fourth-order valence-electron chi connectivity index (χ4n) is 2.35. The van der Waals surface area contributed by atoms with Crippen molar-refractivity contribution in [2.45, 2.75) is 52.6 Å². The minimum atomic E-state index is 0.455. The van der Waals surface area contributed by atoms with Gasteiger partial charge < -0.3 is 10.2 Å². The summed E-state index contributed by atoms with van der Waals surface area (Å²) < 4.78 is 0. The van der Waals surface area contributed by atoms with Crippen molar-refractivity contribution >= 4 is 5.69 Å². The molecule has 0 saturated carbocycles. The molecule has 3 heteroatoms. The van der Waals surface area contributed by atoms with Gasteiger partial charge in [-0.05, 0) is 44.0 Å². The molecule has 110 valence electrons. The van der Waals surface area contributed by atoms with E-state index in [9.17, 15) is 5.26 Å². The Morgan fingerprint density at radius 3 is 2.65 bits per heavy atom. The van der Waals surface area contributed by atoms with E-state index >= 15 is 0 Å². The standard InChI is InChI=1S/C17H27N3/c1-5-7-14(3)20(4)17-9-8-15(11-16(17)12-18)13-19-10-6-2/h8-9,11,14,19H,5-7,10,13H2,1-4H3. The number of nitriles is 1. The second-order valence-electron chi connectivity index (χ2n) is 5.39. The molecule has 0 radical (unpaired) electrons. The van der Waals surface area contributed by atoms with Gasteiger partial charge in [0, 0.05) is 19.6 Å². The number of nitrogens with one attached hydrogen (secondary N) is 1. The second-order valence-corrected chi connectivity index (χ2v) is 5.39. The van der Waals surface area contributed by atoms with Crippen molar-refractivity contribution in [1.29, 1.82) is 5.26 Å². The van der Waals surface area contributed by atoms with Crippen LogP contribution in [0.5, 0.6) is 0 Å². The maximum Gasteiger partial charge on any atom is 0.101 e. The number of benzene rings is 1. The summed E-state index contributed by atoms with van der Waals surface area (Å²) in [6.07, 6.45) is 3.42. The van der Waals surface area contributed by atoms with E-state index in [1.807, 2.05) is 6.07 Å². The fourth-order valence-corrected chi connectivity index (χ4v) is 2.35. The molecule has 1 aromatic rings. The van der Waals surface area contributed by atoms with Crippen molar-refractivity contribution in [2.75, 3.05) is 18.5 Å². The summed E-state index contributed by atoms with van der Waals surface area (Å²) in [6, 6.07) is 8.99. The molecule has 0 spiro atoms. The molecule has 0 bridgehead atoms. The summed E-state index contributed by atoms with van der Waals surface area (Å²) in [7, 11) is 2.07. The predicted octanol–water partition coefficient (Wildman–Crippen LogP) is 3.68. The lowest BCUT2D eigenvalue weighted by Gasteiger charge is -2.28. The molecule has 0 heterocycles. The van der Waals surface area contributed by atoms with Crippen molar-refractivity contribution in [3.63, 3.8) is 0 Å². The van der Waals surface area contributed by atoms with Crippen LogP contribution in [-0.2, 0) is 6.54 Å². The Hall–Kier alpha value is -1.53. The second kappa shape index (κ2) is 8.60. The molecule has 1 atom stereocenters. The van der Waals surface area contributed by atoms with Gasteiger partial charge in [-0.1, -0.05) is 26.3 Å². The summed E-state index contributed by atoms with van der Waals surface area (Å²) in [5, 5.41) is 12.7. The van der Waals surface area contributed by atoms with Crippen molar-refractivity contribution in [2.24, 2.45) is 0 Å². The molecule has 0 aliphatic heterocycles. The first kappa shape index (κ1) is 16.5. The molecule has 1 N–H and O–H groups in total. The molecule has 20 heavy (non-hydrogen) atoms. The molecule has 0 aliphatic carbocycles. The molecule has 1 aromatic carbocycles. The highest BCUT2D eigenvalue weighted by Crippen LogP contribution is 2.23. The lowest BCUT2D eigenvalue weighted by atomic mass is 10.1. The van der Waals surface area contributed by atoms with Crippen LogP contribution in [0, 0.1) is 11.3 Å². The third-order valence-electron chi connectivity index (χ3n) is 3.68. The monoisotopic (exact) mass is 273 g/mol. The number of hydrogen-bond donors (Lipinski definition) is 1. The zero-order valence-corrected chi connectivity index (χ0v) is 13.2. The van der Waals surface area contributed by atoms with Gasteiger partial charge in [-0.15, -0.1) is 0 Å². The van der Waals surface area contributed by atoms with Gasteiger partial charge in [0.1, 0.15) is 6.07 Å². The van der Waals surface area contributed by atoms with Gasteiger partial charge >= 0.3 is 0 Å². The lowest BCUT2D eigenvalue weighted by Crippen LogP contribution is -2.29. The number of rotatable bonds is 8. The Bertz CT molecular complexity index is 448. The van der Waals surface area contributed by atoms with Crippen LogP contribution in [-0.4, -0.2) is 19.6 Å². The largest absolute Gasteiger partial charge is 0.371 e. The summed E-state index contributed by atoms with van der Waals surface area (Å²) in [5.74, 6) is 0. The number of hydrogen-bond acceptors (Lipinski definition) is 3. The van der Waals surface area contributed by atoms with E-state index in [2.05, 4.69) is 56.2 Å². The SMILES string of the molecule is CCCNCc1ccc(N(C)C(C)CCC)c(C#N)c1. The highest BCUT2D eigenvalue weighted by atomic mass is 15.1. The average molecular weight is 273 g/mol. The van der Waals surface area contributed by atoms with Crippen molar-refractivity contribution in [3.05, 3.63) is 29.3 Å². The number of nitrogens with zero attached hydrogens (tertiary/aromatic N) is 2. The lowest BCUT2D eigenvalue weighted by molar-refractivity contribution is 0.615. The van der Waals surface area contributed by atoms with E-state index < -0.39 is 0 Å². The molecule has 0 fully saturated rings. The van der Waals surface area contributed by atoms with Crippen LogP contribution in [0.2, 0.25) is 0 Å². The van der Waals surface area contributed by atoms with Gasteiger partial charge in [-0.2, -0.15) is 5.26 Å². The van der Waals surface area contributed by atoms with Crippen LogP contribution in [0.3, 0.4) is 0 Å². The molecule has 1 unspecified atom stereocenters. The van der Waals surface area contributed by atoms with E-state index in [4.69, 9.17) is 0 Å². The molecule has 3 nitrogen and oxygen atoms in total. The smallest absolute Gasteiger partial charge is 0.101 e. The van der Waals surface area contributed by atoms with Gasteiger partial charge in [-0.25, -0.2) is 0 Å². The summed E-state index contributed by atoms with van der Waals surface area (Å²) in [5.41, 5.74) is 2.98. The Morgan fingerprint density at radius 1 is 1.30 bits per heavy atom. The molecule has 0 saturated heterocycles. The van der Waals surface area contributed by atoms with Crippen LogP contribution in [0.1, 0.15) is 51.2 Å².